The molecular formula is C7H5NO5. The zero-order valence-corrected chi connectivity index (χ0v) is 6.26. The third kappa shape index (κ3) is 1.56. The van der Waals surface area contributed by atoms with E-state index in [4.69, 9.17) is 15.3 Å². The van der Waals surface area contributed by atoms with E-state index in [0.717, 1.165) is 12.1 Å². The maximum absolute atomic E-state index is 10.6. The SMILES string of the molecule is O=NC(=O)c1cc(O)c(O)c(O)c1. The van der Waals surface area contributed by atoms with Crippen LogP contribution in [-0.2, 0) is 0 Å². The summed E-state index contributed by atoms with van der Waals surface area (Å²) in [5, 5.41) is 28.8. The molecule has 0 aliphatic carbocycles. The molecule has 0 saturated carbocycles. The number of rotatable bonds is 1. The summed E-state index contributed by atoms with van der Waals surface area (Å²) in [4.78, 5) is 20.4. The second-order valence-electron chi connectivity index (χ2n) is 2.26. The fraction of sp³-hybridized carbons (Fsp3) is 0. The first-order valence-corrected chi connectivity index (χ1v) is 3.19. The number of carbonyl (C=O) groups is 1. The molecule has 0 saturated heterocycles. The second kappa shape index (κ2) is 3.10. The van der Waals surface area contributed by atoms with Gasteiger partial charge >= 0.3 is 5.91 Å². The van der Waals surface area contributed by atoms with Gasteiger partial charge in [0.05, 0.1) is 5.56 Å². The third-order valence-electron chi connectivity index (χ3n) is 1.40. The Morgan fingerprint density at radius 1 is 1.15 bits per heavy atom. The summed E-state index contributed by atoms with van der Waals surface area (Å²) >= 11 is 0. The molecule has 0 unspecified atom stereocenters. The Balaban J connectivity index is 3.28. The minimum absolute atomic E-state index is 0.289. The Morgan fingerprint density at radius 3 is 2.00 bits per heavy atom. The molecule has 68 valence electrons. The van der Waals surface area contributed by atoms with Crippen LogP contribution in [0.25, 0.3) is 0 Å². The average Bonchev–Trinajstić information content (AvgIpc) is 2.12. The molecule has 0 aromatic heterocycles. The lowest BCUT2D eigenvalue weighted by atomic mass is 10.2. The highest BCUT2D eigenvalue weighted by atomic mass is 16.3. The van der Waals surface area contributed by atoms with Crippen LogP contribution in [0.2, 0.25) is 0 Å². The van der Waals surface area contributed by atoms with Gasteiger partial charge in [0.1, 0.15) is 0 Å². The summed E-state index contributed by atoms with van der Waals surface area (Å²) in [6.45, 7) is 0. The van der Waals surface area contributed by atoms with E-state index >= 15 is 0 Å². The molecule has 3 N–H and O–H groups in total. The molecule has 0 heterocycles. The molecule has 1 rings (SSSR count). The van der Waals surface area contributed by atoms with Gasteiger partial charge in [-0.25, -0.2) is 0 Å². The Labute approximate surface area is 72.0 Å². The normalized spacial score (nSPS) is 9.54. The fourth-order valence-corrected chi connectivity index (χ4v) is 0.780. The van der Waals surface area contributed by atoms with E-state index in [1.54, 1.807) is 0 Å². The van der Waals surface area contributed by atoms with Crippen LogP contribution >= 0.6 is 0 Å². The van der Waals surface area contributed by atoms with Crippen LogP contribution in [0, 0.1) is 4.91 Å². The lowest BCUT2D eigenvalue weighted by Crippen LogP contribution is -1.92. The third-order valence-corrected chi connectivity index (χ3v) is 1.40. The Hall–Kier alpha value is -2.11. The van der Waals surface area contributed by atoms with Crippen molar-refractivity contribution >= 4 is 5.91 Å². The Kier molecular flexibility index (Phi) is 2.14. The highest BCUT2D eigenvalue weighted by Gasteiger charge is 2.13. The molecule has 1 amide bonds. The van der Waals surface area contributed by atoms with E-state index < -0.39 is 23.2 Å². The number of carbonyl (C=O) groups excluding carboxylic acids is 1. The minimum Gasteiger partial charge on any atom is -0.504 e. The lowest BCUT2D eigenvalue weighted by molar-refractivity contribution is 0.1000. The van der Waals surface area contributed by atoms with Crippen molar-refractivity contribution in [3.05, 3.63) is 22.6 Å². The van der Waals surface area contributed by atoms with Gasteiger partial charge in [-0.3, -0.25) is 4.79 Å². The first kappa shape index (κ1) is 8.98. The number of nitrogens with zero attached hydrogens (tertiary/aromatic N) is 1. The highest BCUT2D eigenvalue weighted by molar-refractivity contribution is 5.96. The summed E-state index contributed by atoms with van der Waals surface area (Å²) in [6, 6.07) is 1.66. The van der Waals surface area contributed by atoms with Gasteiger partial charge in [-0.05, 0) is 12.1 Å². The number of phenols is 3. The van der Waals surface area contributed by atoms with Gasteiger partial charge in [0.15, 0.2) is 17.2 Å². The van der Waals surface area contributed by atoms with Gasteiger partial charge in [0.25, 0.3) is 0 Å². The van der Waals surface area contributed by atoms with Crippen LogP contribution in [0.5, 0.6) is 17.2 Å². The molecule has 0 spiro atoms. The van der Waals surface area contributed by atoms with Crippen molar-refractivity contribution in [1.82, 2.24) is 0 Å². The zero-order valence-electron chi connectivity index (χ0n) is 6.26. The van der Waals surface area contributed by atoms with Crippen LogP contribution in [-0.4, -0.2) is 21.2 Å². The molecule has 0 atom stereocenters. The molecule has 0 aliphatic rings. The topological polar surface area (TPSA) is 107 Å². The molecule has 13 heavy (non-hydrogen) atoms. The molecule has 1 aromatic carbocycles. The van der Waals surface area contributed by atoms with Crippen LogP contribution < -0.4 is 0 Å². The predicted octanol–water partition coefficient (Wildman–Crippen LogP) is 0.710. The van der Waals surface area contributed by atoms with E-state index in [2.05, 4.69) is 5.18 Å². The van der Waals surface area contributed by atoms with Crippen LogP contribution in [0.4, 0.5) is 0 Å². The fourth-order valence-electron chi connectivity index (χ4n) is 0.780. The van der Waals surface area contributed by atoms with E-state index in [9.17, 15) is 9.70 Å². The van der Waals surface area contributed by atoms with Gasteiger partial charge in [-0.2, -0.15) is 0 Å². The van der Waals surface area contributed by atoms with E-state index in [1.165, 1.54) is 0 Å². The molecule has 0 bridgehead atoms. The second-order valence-corrected chi connectivity index (χ2v) is 2.26. The summed E-state index contributed by atoms with van der Waals surface area (Å²) in [5.74, 6) is -3.26. The predicted molar refractivity (Wildman–Crippen MR) is 41.6 cm³/mol. The summed E-state index contributed by atoms with van der Waals surface area (Å²) in [6.07, 6.45) is 0. The number of benzene rings is 1. The molecule has 1 aromatic rings. The van der Waals surface area contributed by atoms with Gasteiger partial charge in [0, 0.05) is 5.18 Å². The van der Waals surface area contributed by atoms with E-state index in [1.807, 2.05) is 0 Å². The first-order chi connectivity index (χ1) is 6.06. The van der Waals surface area contributed by atoms with Crippen LogP contribution in [0.1, 0.15) is 10.4 Å². The minimum atomic E-state index is -1.13. The monoisotopic (exact) mass is 183 g/mol. The smallest absolute Gasteiger partial charge is 0.317 e. The van der Waals surface area contributed by atoms with E-state index in [-0.39, 0.29) is 5.56 Å². The number of phenolic OH excluding ortho intramolecular Hbond substituents is 3. The molecule has 0 radical (unpaired) electrons. The first-order valence-electron chi connectivity index (χ1n) is 3.19. The molecular weight excluding hydrogens is 178 g/mol. The molecule has 6 heteroatoms. The van der Waals surface area contributed by atoms with Crippen molar-refractivity contribution in [2.24, 2.45) is 5.18 Å². The largest absolute Gasteiger partial charge is 0.504 e. The van der Waals surface area contributed by atoms with Gasteiger partial charge in [0.2, 0.25) is 0 Å². The summed E-state index contributed by atoms with van der Waals surface area (Å²) in [5.41, 5.74) is -0.289. The summed E-state index contributed by atoms with van der Waals surface area (Å²) < 4.78 is 0. The van der Waals surface area contributed by atoms with Crippen molar-refractivity contribution in [3.63, 3.8) is 0 Å². The molecule has 0 aliphatic heterocycles. The Morgan fingerprint density at radius 2 is 1.62 bits per heavy atom. The van der Waals surface area contributed by atoms with Crippen LogP contribution in [0.3, 0.4) is 0 Å². The number of nitroso groups, excluding NO2 is 1. The van der Waals surface area contributed by atoms with Gasteiger partial charge in [-0.1, -0.05) is 0 Å². The van der Waals surface area contributed by atoms with Gasteiger partial charge < -0.3 is 15.3 Å². The van der Waals surface area contributed by atoms with Gasteiger partial charge in [-0.15, -0.1) is 4.91 Å². The highest BCUT2D eigenvalue weighted by Crippen LogP contribution is 2.35. The average molecular weight is 183 g/mol. The zero-order chi connectivity index (χ0) is 10.0. The van der Waals surface area contributed by atoms with Crippen molar-refractivity contribution in [2.45, 2.75) is 0 Å². The van der Waals surface area contributed by atoms with E-state index in [0.29, 0.717) is 0 Å². The van der Waals surface area contributed by atoms with Crippen LogP contribution in [0.15, 0.2) is 17.3 Å². The molecule has 0 fully saturated rings. The van der Waals surface area contributed by atoms with Crippen molar-refractivity contribution < 1.29 is 20.1 Å². The number of hydrogen-bond donors (Lipinski definition) is 3. The number of amides is 1. The van der Waals surface area contributed by atoms with Crippen molar-refractivity contribution in [3.8, 4) is 17.2 Å². The maximum atomic E-state index is 10.6. The lowest BCUT2D eigenvalue weighted by Gasteiger charge is -2.01. The maximum Gasteiger partial charge on any atom is 0.317 e. The van der Waals surface area contributed by atoms with Crippen molar-refractivity contribution in [1.29, 1.82) is 0 Å². The standard InChI is InChI=1S/C7H5NO5/c9-4-1-3(7(12)8-13)2-5(10)6(4)11/h1-2,9-11H. The Bertz CT molecular complexity index is 350. The quantitative estimate of drug-likeness (QED) is 0.439. The number of hydrogen-bond acceptors (Lipinski definition) is 5. The number of aromatic hydroxyl groups is 3. The van der Waals surface area contributed by atoms with Crippen molar-refractivity contribution in [2.75, 3.05) is 0 Å². The molecule has 6 nitrogen and oxygen atoms in total. The summed E-state index contributed by atoms with van der Waals surface area (Å²) in [7, 11) is 0.